The maximum atomic E-state index is 5.50. The van der Waals surface area contributed by atoms with E-state index in [0.717, 1.165) is 12.5 Å². The molecule has 1 aliphatic rings. The number of hydrogen-bond donors (Lipinski definition) is 0. The summed E-state index contributed by atoms with van der Waals surface area (Å²) in [6.07, 6.45) is 4.28. The van der Waals surface area contributed by atoms with Gasteiger partial charge in [0, 0.05) is 6.61 Å². The Hall–Kier alpha value is -0.0400. The monoisotopic (exact) mass is 128 g/mol. The fourth-order valence-corrected chi connectivity index (χ4v) is 1.36. The average Bonchev–Trinajstić information content (AvgIpc) is 1.88. The smallest absolute Gasteiger partial charge is 0.0575 e. The van der Waals surface area contributed by atoms with Gasteiger partial charge in [0.1, 0.15) is 0 Å². The minimum Gasteiger partial charge on any atom is -0.378 e. The molecule has 2 unspecified atom stereocenters. The fraction of sp³-hybridized carbons (Fsp3) is 1.00. The molecule has 0 radical (unpaired) electrons. The van der Waals surface area contributed by atoms with Gasteiger partial charge in [0.05, 0.1) is 6.10 Å². The maximum Gasteiger partial charge on any atom is 0.0575 e. The lowest BCUT2D eigenvalue weighted by Crippen LogP contribution is -2.23. The van der Waals surface area contributed by atoms with Crippen molar-refractivity contribution in [2.75, 3.05) is 6.61 Å². The first kappa shape index (κ1) is 7.07. The Morgan fingerprint density at radius 1 is 1.56 bits per heavy atom. The standard InChI is InChI=1S/C8H16O/c1-3-8-6-7(2)4-5-9-8/h7-8H,3-6H2,1-2H3. The normalized spacial score (nSPS) is 36.7. The zero-order chi connectivity index (χ0) is 6.69. The minimum atomic E-state index is 0.564. The van der Waals surface area contributed by atoms with Gasteiger partial charge in [-0.15, -0.1) is 0 Å². The Morgan fingerprint density at radius 2 is 2.33 bits per heavy atom. The van der Waals surface area contributed by atoms with Crippen LogP contribution in [0.5, 0.6) is 0 Å². The summed E-state index contributed by atoms with van der Waals surface area (Å²) in [7, 11) is 0. The lowest BCUT2D eigenvalue weighted by molar-refractivity contribution is -0.00644. The molecule has 0 spiro atoms. The number of ether oxygens (including phenoxy) is 1. The van der Waals surface area contributed by atoms with Crippen LogP contribution in [-0.2, 0) is 4.74 Å². The van der Waals surface area contributed by atoms with Crippen molar-refractivity contribution in [3.8, 4) is 0 Å². The van der Waals surface area contributed by atoms with Crippen LogP contribution in [0.4, 0.5) is 0 Å². The third kappa shape index (κ3) is 1.98. The highest BCUT2D eigenvalue weighted by Gasteiger charge is 2.16. The predicted molar refractivity (Wildman–Crippen MR) is 38.4 cm³/mol. The van der Waals surface area contributed by atoms with Gasteiger partial charge in [0.2, 0.25) is 0 Å². The molecule has 1 heteroatoms. The van der Waals surface area contributed by atoms with Crippen LogP contribution in [0.3, 0.4) is 0 Å². The quantitative estimate of drug-likeness (QED) is 0.526. The van der Waals surface area contributed by atoms with Crippen LogP contribution in [-0.4, -0.2) is 12.7 Å². The van der Waals surface area contributed by atoms with Crippen molar-refractivity contribution in [2.24, 2.45) is 5.92 Å². The first-order chi connectivity index (χ1) is 4.33. The van der Waals surface area contributed by atoms with E-state index >= 15 is 0 Å². The van der Waals surface area contributed by atoms with Crippen LogP contribution in [0.1, 0.15) is 33.1 Å². The molecule has 0 aliphatic carbocycles. The molecule has 0 N–H and O–H groups in total. The molecule has 0 saturated carbocycles. The lowest BCUT2D eigenvalue weighted by Gasteiger charge is -2.26. The van der Waals surface area contributed by atoms with E-state index < -0.39 is 0 Å². The van der Waals surface area contributed by atoms with Crippen molar-refractivity contribution >= 4 is 0 Å². The molecule has 1 heterocycles. The maximum absolute atomic E-state index is 5.50. The molecule has 1 saturated heterocycles. The molecule has 0 aromatic carbocycles. The molecular weight excluding hydrogens is 112 g/mol. The van der Waals surface area contributed by atoms with Gasteiger partial charge in [-0.3, -0.25) is 0 Å². The molecule has 1 aliphatic heterocycles. The molecule has 1 nitrogen and oxygen atoms in total. The molecule has 0 bridgehead atoms. The van der Waals surface area contributed by atoms with E-state index in [1.807, 2.05) is 0 Å². The molecule has 1 fully saturated rings. The molecule has 9 heavy (non-hydrogen) atoms. The number of hydrogen-bond acceptors (Lipinski definition) is 1. The van der Waals surface area contributed by atoms with Crippen molar-refractivity contribution in [1.82, 2.24) is 0 Å². The minimum absolute atomic E-state index is 0.564. The van der Waals surface area contributed by atoms with Gasteiger partial charge >= 0.3 is 0 Å². The summed E-state index contributed by atoms with van der Waals surface area (Å²) in [5.74, 6) is 0.892. The van der Waals surface area contributed by atoms with Crippen LogP contribution in [0, 0.1) is 5.92 Å². The van der Waals surface area contributed by atoms with E-state index in [9.17, 15) is 0 Å². The Kier molecular flexibility index (Phi) is 2.52. The van der Waals surface area contributed by atoms with E-state index in [0.29, 0.717) is 6.10 Å². The Labute approximate surface area is 57.4 Å². The Morgan fingerprint density at radius 3 is 2.78 bits per heavy atom. The summed E-state index contributed by atoms with van der Waals surface area (Å²) < 4.78 is 5.50. The third-order valence-electron chi connectivity index (χ3n) is 2.08. The second kappa shape index (κ2) is 3.21. The topological polar surface area (TPSA) is 9.23 Å². The van der Waals surface area contributed by atoms with Gasteiger partial charge in [-0.05, 0) is 25.2 Å². The van der Waals surface area contributed by atoms with Crippen LogP contribution in [0.15, 0.2) is 0 Å². The van der Waals surface area contributed by atoms with Gasteiger partial charge in [0.15, 0.2) is 0 Å². The summed E-state index contributed by atoms with van der Waals surface area (Å²) in [6, 6.07) is 0. The van der Waals surface area contributed by atoms with E-state index in [1.165, 1.54) is 19.3 Å². The molecule has 54 valence electrons. The van der Waals surface area contributed by atoms with Crippen molar-refractivity contribution < 1.29 is 4.74 Å². The third-order valence-corrected chi connectivity index (χ3v) is 2.08. The van der Waals surface area contributed by atoms with Gasteiger partial charge in [0.25, 0.3) is 0 Å². The van der Waals surface area contributed by atoms with Gasteiger partial charge in [-0.1, -0.05) is 13.8 Å². The second-order valence-corrected chi connectivity index (χ2v) is 3.03. The summed E-state index contributed by atoms with van der Waals surface area (Å²) in [5, 5.41) is 0. The van der Waals surface area contributed by atoms with Crippen molar-refractivity contribution in [1.29, 1.82) is 0 Å². The van der Waals surface area contributed by atoms with E-state index in [-0.39, 0.29) is 0 Å². The largest absolute Gasteiger partial charge is 0.378 e. The second-order valence-electron chi connectivity index (χ2n) is 3.03. The van der Waals surface area contributed by atoms with E-state index in [1.54, 1.807) is 0 Å². The summed E-state index contributed by atoms with van der Waals surface area (Å²) >= 11 is 0. The average molecular weight is 128 g/mol. The van der Waals surface area contributed by atoms with Crippen LogP contribution in [0.2, 0.25) is 0 Å². The molecule has 1 rings (SSSR count). The molecule has 0 amide bonds. The van der Waals surface area contributed by atoms with Crippen molar-refractivity contribution in [3.05, 3.63) is 0 Å². The molecule has 0 aromatic rings. The van der Waals surface area contributed by atoms with Gasteiger partial charge in [-0.2, -0.15) is 0 Å². The lowest BCUT2D eigenvalue weighted by atomic mass is 9.97. The Bertz CT molecular complexity index is 80.6. The van der Waals surface area contributed by atoms with Crippen molar-refractivity contribution in [3.63, 3.8) is 0 Å². The molecule has 2 atom stereocenters. The van der Waals surface area contributed by atoms with Gasteiger partial charge < -0.3 is 4.74 Å². The Balaban J connectivity index is 2.23. The predicted octanol–water partition coefficient (Wildman–Crippen LogP) is 2.21. The van der Waals surface area contributed by atoms with Crippen LogP contribution >= 0.6 is 0 Å². The highest BCUT2D eigenvalue weighted by Crippen LogP contribution is 2.20. The summed E-state index contributed by atoms with van der Waals surface area (Å²) in [6.45, 7) is 5.49. The summed E-state index contributed by atoms with van der Waals surface area (Å²) in [4.78, 5) is 0. The SMILES string of the molecule is CCC1CC(C)CCO1. The number of rotatable bonds is 1. The first-order valence-corrected chi connectivity index (χ1v) is 3.94. The van der Waals surface area contributed by atoms with E-state index in [4.69, 9.17) is 4.74 Å². The zero-order valence-electron chi connectivity index (χ0n) is 6.39. The van der Waals surface area contributed by atoms with E-state index in [2.05, 4.69) is 13.8 Å². The van der Waals surface area contributed by atoms with Crippen LogP contribution < -0.4 is 0 Å². The first-order valence-electron chi connectivity index (χ1n) is 3.94. The van der Waals surface area contributed by atoms with Crippen LogP contribution in [0.25, 0.3) is 0 Å². The summed E-state index contributed by atoms with van der Waals surface area (Å²) in [5.41, 5.74) is 0. The molecular formula is C8H16O. The van der Waals surface area contributed by atoms with Crippen molar-refractivity contribution in [2.45, 2.75) is 39.2 Å². The highest BCUT2D eigenvalue weighted by molar-refractivity contribution is 4.66. The molecule has 0 aromatic heterocycles. The van der Waals surface area contributed by atoms with Gasteiger partial charge in [-0.25, -0.2) is 0 Å². The highest BCUT2D eigenvalue weighted by atomic mass is 16.5. The zero-order valence-corrected chi connectivity index (χ0v) is 6.39. The fourth-order valence-electron chi connectivity index (χ4n) is 1.36.